The minimum Gasteiger partial charge on any atom is -0.325 e. The number of hydrogen-bond acceptors (Lipinski definition) is 5. The van der Waals surface area contributed by atoms with E-state index in [0.717, 1.165) is 4.90 Å². The lowest BCUT2D eigenvalue weighted by atomic mass is 10.3. The summed E-state index contributed by atoms with van der Waals surface area (Å²) < 4.78 is 0. The smallest absolute Gasteiger partial charge is 0.247 e. The monoisotopic (exact) mass is 386 g/mol. The van der Waals surface area contributed by atoms with Gasteiger partial charge in [-0.1, -0.05) is 18.2 Å². The molecule has 0 aromatic heterocycles. The van der Waals surface area contributed by atoms with Crippen molar-refractivity contribution in [2.45, 2.75) is 16.6 Å². The molecule has 0 aliphatic carbocycles. The number of anilines is 2. The third-order valence-electron chi connectivity index (χ3n) is 3.91. The summed E-state index contributed by atoms with van der Waals surface area (Å²) in [7, 11) is 0. The molecule has 3 rings (SSSR count). The first-order valence-electron chi connectivity index (χ1n) is 8.06. The van der Waals surface area contributed by atoms with E-state index in [4.69, 9.17) is 0 Å². The molecule has 1 atom stereocenters. The van der Waals surface area contributed by atoms with Crippen LogP contribution in [0.15, 0.2) is 59.5 Å². The van der Waals surface area contributed by atoms with E-state index in [1.54, 1.807) is 36.0 Å². The molecule has 26 heavy (non-hydrogen) atoms. The topological polar surface area (TPSA) is 66.5 Å². The maximum absolute atomic E-state index is 12.5. The van der Waals surface area contributed by atoms with Crippen LogP contribution >= 0.6 is 23.5 Å². The summed E-state index contributed by atoms with van der Waals surface area (Å²) in [6.07, 6.45) is 2.11. The Hall–Kier alpha value is -2.25. The van der Waals surface area contributed by atoms with Crippen molar-refractivity contribution in [2.75, 3.05) is 22.2 Å². The maximum atomic E-state index is 12.5. The first kappa shape index (κ1) is 18.5. The zero-order valence-corrected chi connectivity index (χ0v) is 15.8. The average molecular weight is 386 g/mol. The molecule has 1 fully saturated rings. The van der Waals surface area contributed by atoms with E-state index in [-0.39, 0.29) is 29.9 Å². The predicted octanol–water partition coefficient (Wildman–Crippen LogP) is 3.41. The third-order valence-corrected chi connectivity index (χ3v) is 5.85. The molecule has 7 heteroatoms. The SMILES string of the molecule is CSc1ccc(NC(=O)CS[C@@H]2CC(=O)N(c3ccccc3)C2=O)cc1. The second-order valence-electron chi connectivity index (χ2n) is 5.68. The lowest BCUT2D eigenvalue weighted by Gasteiger charge is -2.14. The molecular weight excluding hydrogens is 368 g/mol. The summed E-state index contributed by atoms with van der Waals surface area (Å²) in [5.74, 6) is -0.559. The first-order chi connectivity index (χ1) is 12.6. The van der Waals surface area contributed by atoms with Crippen LogP contribution in [0.2, 0.25) is 0 Å². The van der Waals surface area contributed by atoms with Crippen molar-refractivity contribution in [3.8, 4) is 0 Å². The summed E-state index contributed by atoms with van der Waals surface area (Å²) in [5.41, 5.74) is 1.29. The fourth-order valence-corrected chi connectivity index (χ4v) is 3.97. The molecule has 1 heterocycles. The molecule has 0 bridgehead atoms. The minimum absolute atomic E-state index is 0.119. The average Bonchev–Trinajstić information content (AvgIpc) is 2.95. The molecule has 0 radical (unpaired) electrons. The standard InChI is InChI=1S/C19H18N2O3S2/c1-25-15-9-7-13(8-10-15)20-17(22)12-26-16-11-18(23)21(19(16)24)14-5-3-2-4-6-14/h2-10,16H,11-12H2,1H3,(H,20,22)/t16-/m1/s1. The fourth-order valence-electron chi connectivity index (χ4n) is 2.63. The number of hydrogen-bond donors (Lipinski definition) is 1. The van der Waals surface area contributed by atoms with Gasteiger partial charge in [-0.2, -0.15) is 0 Å². The van der Waals surface area contributed by atoms with E-state index in [2.05, 4.69) is 5.32 Å². The molecule has 0 saturated carbocycles. The van der Waals surface area contributed by atoms with Crippen LogP contribution in [-0.4, -0.2) is 35.0 Å². The fraction of sp³-hybridized carbons (Fsp3) is 0.211. The maximum Gasteiger partial charge on any atom is 0.247 e. The summed E-state index contributed by atoms with van der Waals surface area (Å²) in [6, 6.07) is 16.4. The summed E-state index contributed by atoms with van der Waals surface area (Å²) in [4.78, 5) is 39.1. The second kappa shape index (κ2) is 8.42. The van der Waals surface area contributed by atoms with Gasteiger partial charge in [-0.25, -0.2) is 4.90 Å². The van der Waals surface area contributed by atoms with Crippen LogP contribution in [-0.2, 0) is 14.4 Å². The van der Waals surface area contributed by atoms with Gasteiger partial charge in [0.2, 0.25) is 17.7 Å². The molecule has 134 valence electrons. The highest BCUT2D eigenvalue weighted by Crippen LogP contribution is 2.29. The highest BCUT2D eigenvalue weighted by molar-refractivity contribution is 8.01. The number of imide groups is 1. The first-order valence-corrected chi connectivity index (χ1v) is 10.3. The highest BCUT2D eigenvalue weighted by atomic mass is 32.2. The largest absolute Gasteiger partial charge is 0.325 e. The number of amides is 3. The highest BCUT2D eigenvalue weighted by Gasteiger charge is 2.39. The Kier molecular flexibility index (Phi) is 6.00. The third kappa shape index (κ3) is 4.28. The van der Waals surface area contributed by atoms with E-state index in [9.17, 15) is 14.4 Å². The van der Waals surface area contributed by atoms with Crippen molar-refractivity contribution in [3.05, 3.63) is 54.6 Å². The van der Waals surface area contributed by atoms with Gasteiger partial charge in [0.1, 0.15) is 0 Å². The zero-order valence-electron chi connectivity index (χ0n) is 14.2. The molecule has 0 unspecified atom stereocenters. The molecule has 2 aromatic rings. The van der Waals surface area contributed by atoms with Crippen molar-refractivity contribution < 1.29 is 14.4 Å². The van der Waals surface area contributed by atoms with E-state index in [0.29, 0.717) is 11.4 Å². The van der Waals surface area contributed by atoms with Gasteiger partial charge in [-0.3, -0.25) is 14.4 Å². The van der Waals surface area contributed by atoms with Crippen molar-refractivity contribution in [3.63, 3.8) is 0 Å². The summed E-state index contributed by atoms with van der Waals surface area (Å²) >= 11 is 2.83. The van der Waals surface area contributed by atoms with Gasteiger partial charge in [0.25, 0.3) is 0 Å². The summed E-state index contributed by atoms with van der Waals surface area (Å²) in [6.45, 7) is 0. The molecule has 3 amide bonds. The van der Waals surface area contributed by atoms with Crippen molar-refractivity contribution in [1.29, 1.82) is 0 Å². The molecule has 1 N–H and O–H groups in total. The second-order valence-corrected chi connectivity index (χ2v) is 7.75. The molecule has 0 spiro atoms. The zero-order chi connectivity index (χ0) is 18.5. The van der Waals surface area contributed by atoms with Gasteiger partial charge < -0.3 is 5.32 Å². The Morgan fingerprint density at radius 1 is 1.12 bits per heavy atom. The number of nitrogens with zero attached hydrogens (tertiary/aromatic N) is 1. The Labute approximate surface area is 160 Å². The Bertz CT molecular complexity index is 809. The molecule has 2 aromatic carbocycles. The van der Waals surface area contributed by atoms with Gasteiger partial charge >= 0.3 is 0 Å². The van der Waals surface area contributed by atoms with E-state index in [1.807, 2.05) is 36.6 Å². The molecule has 1 saturated heterocycles. The molecule has 1 aliphatic heterocycles. The van der Waals surface area contributed by atoms with E-state index >= 15 is 0 Å². The van der Waals surface area contributed by atoms with E-state index in [1.165, 1.54) is 16.7 Å². The van der Waals surface area contributed by atoms with Gasteiger partial charge in [-0.15, -0.1) is 23.5 Å². The number of thioether (sulfide) groups is 2. The Morgan fingerprint density at radius 2 is 1.81 bits per heavy atom. The van der Waals surface area contributed by atoms with Gasteiger partial charge in [0.05, 0.1) is 16.7 Å². The van der Waals surface area contributed by atoms with Gasteiger partial charge in [0, 0.05) is 17.0 Å². The number of nitrogens with one attached hydrogen (secondary N) is 1. The van der Waals surface area contributed by atoms with Gasteiger partial charge in [0.15, 0.2) is 0 Å². The van der Waals surface area contributed by atoms with Crippen LogP contribution in [0.5, 0.6) is 0 Å². The lowest BCUT2D eigenvalue weighted by Crippen LogP contribution is -2.31. The van der Waals surface area contributed by atoms with Crippen LogP contribution in [0, 0.1) is 0 Å². The lowest BCUT2D eigenvalue weighted by molar-refractivity contribution is -0.121. The molecule has 1 aliphatic rings. The molecule has 5 nitrogen and oxygen atoms in total. The van der Waals surface area contributed by atoms with Gasteiger partial charge in [-0.05, 0) is 42.7 Å². The minimum atomic E-state index is -0.521. The summed E-state index contributed by atoms with van der Waals surface area (Å²) in [5, 5.41) is 2.29. The van der Waals surface area contributed by atoms with Crippen molar-refractivity contribution >= 4 is 52.6 Å². The van der Waals surface area contributed by atoms with Crippen LogP contribution < -0.4 is 10.2 Å². The number of carbonyl (C=O) groups is 3. The number of rotatable bonds is 6. The number of para-hydroxylation sites is 1. The Morgan fingerprint density at radius 3 is 2.46 bits per heavy atom. The normalized spacial score (nSPS) is 16.8. The van der Waals surface area contributed by atoms with Crippen molar-refractivity contribution in [2.24, 2.45) is 0 Å². The van der Waals surface area contributed by atoms with Crippen LogP contribution in [0.4, 0.5) is 11.4 Å². The van der Waals surface area contributed by atoms with Crippen molar-refractivity contribution in [1.82, 2.24) is 0 Å². The Balaban J connectivity index is 1.55. The van der Waals surface area contributed by atoms with Crippen LogP contribution in [0.1, 0.15) is 6.42 Å². The molecular formula is C19H18N2O3S2. The van der Waals surface area contributed by atoms with Crippen LogP contribution in [0.3, 0.4) is 0 Å². The quantitative estimate of drug-likeness (QED) is 0.609. The number of benzene rings is 2. The van der Waals surface area contributed by atoms with Crippen LogP contribution in [0.25, 0.3) is 0 Å². The number of carbonyl (C=O) groups excluding carboxylic acids is 3. The van der Waals surface area contributed by atoms with E-state index < -0.39 is 5.25 Å². The predicted molar refractivity (Wildman–Crippen MR) is 107 cm³/mol.